The molecule has 39 heavy (non-hydrogen) atoms. The van der Waals surface area contributed by atoms with E-state index in [9.17, 15) is 0 Å². The lowest BCUT2D eigenvalue weighted by atomic mass is 9.89. The zero-order valence-electron chi connectivity index (χ0n) is 21.8. The molecule has 9 aromatic rings. The molecule has 8 aromatic carbocycles. The number of rotatable bonds is 0. The Hall–Kier alpha value is -4.46. The molecule has 0 unspecified atom stereocenters. The summed E-state index contributed by atoms with van der Waals surface area (Å²) < 4.78 is 2.79. The Balaban J connectivity index is 1.66. The fourth-order valence-corrected chi connectivity index (χ4v) is 8.38. The van der Waals surface area contributed by atoms with Gasteiger partial charge in [0.15, 0.2) is 0 Å². The Morgan fingerprint density at radius 3 is 1.28 bits per heavy atom. The van der Waals surface area contributed by atoms with Crippen LogP contribution in [-0.4, -0.2) is 0 Å². The van der Waals surface area contributed by atoms with Gasteiger partial charge >= 0.3 is 0 Å². The molecule has 0 aliphatic carbocycles. The molecule has 0 spiro atoms. The lowest BCUT2D eigenvalue weighted by Gasteiger charge is -2.13. The molecule has 182 valence electrons. The van der Waals surface area contributed by atoms with E-state index < -0.39 is 0 Å². The number of thiophene rings is 1. The highest BCUT2D eigenvalue weighted by atomic mass is 32.1. The van der Waals surface area contributed by atoms with Crippen molar-refractivity contribution in [3.05, 3.63) is 120 Å². The molecular weight excluding hydrogens is 488 g/mol. The zero-order chi connectivity index (χ0) is 25.8. The molecule has 0 atom stereocenters. The SMILES string of the molecule is Cc1ccc2c(c1)c1c3ccccc3ccc1c1sc3c4ccc5ccccc5c4c4cc(C)ccc4c3c21. The first-order valence-electron chi connectivity index (χ1n) is 13.6. The number of hydrogen-bond acceptors (Lipinski definition) is 1. The minimum atomic E-state index is 1.30. The first-order valence-corrected chi connectivity index (χ1v) is 14.4. The summed E-state index contributed by atoms with van der Waals surface area (Å²) in [7, 11) is 0. The van der Waals surface area contributed by atoms with Gasteiger partial charge in [-0.05, 0) is 67.7 Å². The van der Waals surface area contributed by atoms with Crippen LogP contribution in [0.1, 0.15) is 11.1 Å². The second-order valence-corrected chi connectivity index (χ2v) is 12.0. The minimum Gasteiger partial charge on any atom is -0.134 e. The van der Waals surface area contributed by atoms with Gasteiger partial charge < -0.3 is 0 Å². The van der Waals surface area contributed by atoms with Crippen molar-refractivity contribution in [3.8, 4) is 0 Å². The third-order valence-electron chi connectivity index (χ3n) is 8.68. The lowest BCUT2D eigenvalue weighted by Crippen LogP contribution is -1.86. The minimum absolute atomic E-state index is 1.30. The zero-order valence-corrected chi connectivity index (χ0v) is 22.6. The van der Waals surface area contributed by atoms with Gasteiger partial charge in [-0.15, -0.1) is 11.3 Å². The van der Waals surface area contributed by atoms with Gasteiger partial charge in [-0.1, -0.05) is 120 Å². The molecule has 1 heteroatoms. The highest BCUT2D eigenvalue weighted by molar-refractivity contribution is 7.28. The number of hydrogen-bond donors (Lipinski definition) is 0. The number of benzene rings is 8. The van der Waals surface area contributed by atoms with E-state index in [0.29, 0.717) is 0 Å². The number of aryl methyl sites for hydroxylation is 2. The van der Waals surface area contributed by atoms with Gasteiger partial charge in [0, 0.05) is 30.9 Å². The quantitative estimate of drug-likeness (QED) is 0.177. The standard InChI is InChI=1S/C38H24S/c1-21-11-15-27-31(19-21)33-25-9-5-3-7-23(25)13-17-29(33)37-35(27)36-28-16-12-22(2)20-32(28)34-26-10-6-4-8-24(26)14-18-30(34)38(36)39-37/h3-20H,1-2H3. The van der Waals surface area contributed by atoms with E-state index in [4.69, 9.17) is 0 Å². The first kappa shape index (κ1) is 21.5. The molecular formula is C38H24S. The summed E-state index contributed by atoms with van der Waals surface area (Å²) >= 11 is 1.98. The van der Waals surface area contributed by atoms with E-state index in [0.717, 1.165) is 0 Å². The summed E-state index contributed by atoms with van der Waals surface area (Å²) in [4.78, 5) is 0. The van der Waals surface area contributed by atoms with Crippen molar-refractivity contribution in [2.75, 3.05) is 0 Å². The second kappa shape index (κ2) is 7.56. The van der Waals surface area contributed by atoms with Gasteiger partial charge in [0.05, 0.1) is 0 Å². The van der Waals surface area contributed by atoms with Gasteiger partial charge in [-0.25, -0.2) is 0 Å². The molecule has 0 saturated heterocycles. The molecule has 0 saturated carbocycles. The summed E-state index contributed by atoms with van der Waals surface area (Å²) in [6.45, 7) is 4.42. The summed E-state index contributed by atoms with van der Waals surface area (Å²) in [5, 5.41) is 18.9. The highest BCUT2D eigenvalue weighted by Gasteiger charge is 2.21. The van der Waals surface area contributed by atoms with Crippen molar-refractivity contribution in [1.82, 2.24) is 0 Å². The van der Waals surface area contributed by atoms with Crippen molar-refractivity contribution in [1.29, 1.82) is 0 Å². The smallest absolute Gasteiger partial charge is 0.0440 e. The molecule has 0 amide bonds. The van der Waals surface area contributed by atoms with E-state index in [1.165, 1.54) is 95.9 Å². The van der Waals surface area contributed by atoms with Gasteiger partial charge in [-0.2, -0.15) is 0 Å². The van der Waals surface area contributed by atoms with Crippen LogP contribution < -0.4 is 0 Å². The largest absolute Gasteiger partial charge is 0.134 e. The van der Waals surface area contributed by atoms with Crippen LogP contribution in [0.3, 0.4) is 0 Å². The first-order chi connectivity index (χ1) is 19.2. The average molecular weight is 513 g/mol. The molecule has 0 fully saturated rings. The molecule has 1 heterocycles. The number of fused-ring (bicyclic) bond motifs is 17. The van der Waals surface area contributed by atoms with Crippen molar-refractivity contribution >= 4 is 96.1 Å². The topological polar surface area (TPSA) is 0 Å². The van der Waals surface area contributed by atoms with E-state index in [2.05, 4.69) is 123 Å². The van der Waals surface area contributed by atoms with Gasteiger partial charge in [0.1, 0.15) is 0 Å². The Morgan fingerprint density at radius 2 is 0.795 bits per heavy atom. The van der Waals surface area contributed by atoms with Crippen LogP contribution in [0.2, 0.25) is 0 Å². The molecule has 0 aliphatic rings. The fraction of sp³-hybridized carbons (Fsp3) is 0.0526. The second-order valence-electron chi connectivity index (χ2n) is 11.0. The average Bonchev–Trinajstić information content (AvgIpc) is 3.37. The maximum absolute atomic E-state index is 2.40. The predicted octanol–water partition coefficient (Wildman–Crippen LogP) is 11.6. The summed E-state index contributed by atoms with van der Waals surface area (Å²) in [6.07, 6.45) is 0. The van der Waals surface area contributed by atoms with E-state index in [1.54, 1.807) is 0 Å². The molecule has 0 bridgehead atoms. The summed E-state index contributed by atoms with van der Waals surface area (Å²) in [5.74, 6) is 0. The monoisotopic (exact) mass is 512 g/mol. The van der Waals surface area contributed by atoms with Crippen molar-refractivity contribution in [2.24, 2.45) is 0 Å². The van der Waals surface area contributed by atoms with Crippen LogP contribution >= 0.6 is 11.3 Å². The lowest BCUT2D eigenvalue weighted by molar-refractivity contribution is 1.51. The molecule has 0 N–H and O–H groups in total. The Labute approximate surface area is 229 Å². The van der Waals surface area contributed by atoms with Crippen molar-refractivity contribution in [2.45, 2.75) is 13.8 Å². The Bertz CT molecular complexity index is 2330. The van der Waals surface area contributed by atoms with Crippen molar-refractivity contribution in [3.63, 3.8) is 0 Å². The molecule has 0 nitrogen and oxygen atoms in total. The third kappa shape index (κ3) is 2.78. The fourth-order valence-electron chi connectivity index (χ4n) is 6.99. The van der Waals surface area contributed by atoms with Crippen LogP contribution in [0.25, 0.3) is 84.8 Å². The van der Waals surface area contributed by atoms with E-state index >= 15 is 0 Å². The Kier molecular flexibility index (Phi) is 4.16. The van der Waals surface area contributed by atoms with Gasteiger partial charge in [0.2, 0.25) is 0 Å². The summed E-state index contributed by atoms with van der Waals surface area (Å²) in [6, 6.07) is 41.1. The Morgan fingerprint density at radius 1 is 0.359 bits per heavy atom. The van der Waals surface area contributed by atoms with Crippen LogP contribution in [-0.2, 0) is 0 Å². The van der Waals surface area contributed by atoms with Crippen LogP contribution in [0.5, 0.6) is 0 Å². The molecule has 0 radical (unpaired) electrons. The van der Waals surface area contributed by atoms with Gasteiger partial charge in [-0.3, -0.25) is 0 Å². The third-order valence-corrected chi connectivity index (χ3v) is 9.94. The molecule has 0 aliphatic heterocycles. The molecule has 9 rings (SSSR count). The normalized spacial score (nSPS) is 12.4. The van der Waals surface area contributed by atoms with Crippen LogP contribution in [0, 0.1) is 13.8 Å². The predicted molar refractivity (Wildman–Crippen MR) is 174 cm³/mol. The maximum Gasteiger partial charge on any atom is 0.0440 e. The van der Waals surface area contributed by atoms with E-state index in [1.807, 2.05) is 11.3 Å². The van der Waals surface area contributed by atoms with Crippen molar-refractivity contribution < 1.29 is 0 Å². The molecule has 1 aromatic heterocycles. The summed E-state index contributed by atoms with van der Waals surface area (Å²) in [5.41, 5.74) is 2.60. The van der Waals surface area contributed by atoms with Crippen LogP contribution in [0.15, 0.2) is 109 Å². The maximum atomic E-state index is 2.40. The highest BCUT2D eigenvalue weighted by Crippen LogP contribution is 2.51. The van der Waals surface area contributed by atoms with E-state index in [-0.39, 0.29) is 0 Å². The van der Waals surface area contributed by atoms with Gasteiger partial charge in [0.25, 0.3) is 0 Å². The van der Waals surface area contributed by atoms with Crippen LogP contribution in [0.4, 0.5) is 0 Å².